The van der Waals surface area contributed by atoms with E-state index in [4.69, 9.17) is 27.6 Å². The standard InChI is InChI=1S/C35H36Cl2N4O8/c36-24-11-5-12-25(37)31(24)28-20-38-34(49-28)32(46)26(19-30(44)45)39-33(47)27-13-6-18-40-29(43)17-15-22(35(48)41(27)40)9-4-10-23(42)16-14-21-7-2-1-3-8-21/h1-3,5,7-8,11-12,20,22,26-27H,4,6,9-10,13-19H2,(H,39,47)(H,44,45)/t22?,26-,27-/m0/s1. The number of nitrogens with one attached hydrogen (secondary N) is 1. The van der Waals surface area contributed by atoms with Crippen LogP contribution >= 0.6 is 23.2 Å². The monoisotopic (exact) mass is 710 g/mol. The minimum atomic E-state index is -1.59. The van der Waals surface area contributed by atoms with E-state index in [1.54, 1.807) is 18.2 Å². The van der Waals surface area contributed by atoms with Gasteiger partial charge in [-0.25, -0.2) is 9.99 Å². The van der Waals surface area contributed by atoms with Gasteiger partial charge in [-0.3, -0.25) is 33.8 Å². The molecular formula is C35H36Cl2N4O8. The van der Waals surface area contributed by atoms with Gasteiger partial charge in [-0.05, 0) is 56.2 Å². The van der Waals surface area contributed by atoms with E-state index in [1.165, 1.54) is 16.2 Å². The Morgan fingerprint density at radius 2 is 1.73 bits per heavy atom. The molecule has 3 heterocycles. The number of aromatic nitrogens is 1. The van der Waals surface area contributed by atoms with Crippen LogP contribution in [-0.2, 0) is 30.4 Å². The highest BCUT2D eigenvalue weighted by molar-refractivity contribution is 6.39. The van der Waals surface area contributed by atoms with Crippen molar-refractivity contribution in [2.45, 2.75) is 76.3 Å². The van der Waals surface area contributed by atoms with Crippen molar-refractivity contribution in [1.29, 1.82) is 0 Å². The van der Waals surface area contributed by atoms with E-state index in [1.807, 2.05) is 30.3 Å². The number of ketones is 2. The van der Waals surface area contributed by atoms with Gasteiger partial charge in [0.25, 0.3) is 5.89 Å². The van der Waals surface area contributed by atoms with Gasteiger partial charge in [0.05, 0.1) is 28.2 Å². The van der Waals surface area contributed by atoms with Crippen LogP contribution in [0.1, 0.15) is 74.0 Å². The number of carboxylic acids is 1. The van der Waals surface area contributed by atoms with Crippen LogP contribution in [0.2, 0.25) is 10.0 Å². The molecule has 2 aliphatic rings. The highest BCUT2D eigenvalue weighted by Gasteiger charge is 2.45. The normalized spacial score (nSPS) is 18.4. The van der Waals surface area contributed by atoms with Gasteiger partial charge < -0.3 is 14.8 Å². The van der Waals surface area contributed by atoms with Crippen molar-refractivity contribution in [1.82, 2.24) is 20.3 Å². The number of hydrazine groups is 1. The number of nitrogens with zero attached hydrogens (tertiary/aromatic N) is 3. The number of oxazole rings is 1. The Morgan fingerprint density at radius 1 is 1.00 bits per heavy atom. The summed E-state index contributed by atoms with van der Waals surface area (Å²) < 4.78 is 5.61. The molecular weight excluding hydrogens is 675 g/mol. The molecule has 0 spiro atoms. The first kappa shape index (κ1) is 35.7. The average molecular weight is 712 g/mol. The predicted octanol–water partition coefficient (Wildman–Crippen LogP) is 5.31. The number of benzene rings is 2. The summed E-state index contributed by atoms with van der Waals surface area (Å²) in [6.45, 7) is 0.236. The van der Waals surface area contributed by atoms with E-state index < -0.39 is 53.9 Å². The molecule has 14 heteroatoms. The molecule has 1 aromatic heterocycles. The van der Waals surface area contributed by atoms with Crippen LogP contribution in [0.25, 0.3) is 11.3 Å². The third-order valence-corrected chi connectivity index (χ3v) is 9.39. The molecule has 0 saturated carbocycles. The lowest BCUT2D eigenvalue weighted by atomic mass is 9.93. The summed E-state index contributed by atoms with van der Waals surface area (Å²) in [6, 6.07) is 11.7. The predicted molar refractivity (Wildman–Crippen MR) is 178 cm³/mol. The highest BCUT2D eigenvalue weighted by Crippen LogP contribution is 2.35. The molecule has 1 unspecified atom stereocenters. The number of Topliss-reactive ketones (excluding diaryl/α,β-unsaturated/α-hetero) is 2. The molecule has 2 fully saturated rings. The molecule has 0 bridgehead atoms. The molecule has 2 aromatic carbocycles. The first-order valence-corrected chi connectivity index (χ1v) is 16.9. The summed E-state index contributed by atoms with van der Waals surface area (Å²) in [5, 5.41) is 15.0. The average Bonchev–Trinajstić information content (AvgIpc) is 3.53. The van der Waals surface area contributed by atoms with Crippen molar-refractivity contribution in [3.63, 3.8) is 0 Å². The molecule has 49 heavy (non-hydrogen) atoms. The number of hydrogen-bond acceptors (Lipinski definition) is 8. The Balaban J connectivity index is 1.26. The number of rotatable bonds is 14. The Bertz CT molecular complexity index is 1710. The molecule has 3 amide bonds. The maximum Gasteiger partial charge on any atom is 0.305 e. The van der Waals surface area contributed by atoms with Crippen LogP contribution in [-0.4, -0.2) is 74.0 Å². The summed E-state index contributed by atoms with van der Waals surface area (Å²) in [4.78, 5) is 82.5. The molecule has 2 N–H and O–H groups in total. The molecule has 2 saturated heterocycles. The summed E-state index contributed by atoms with van der Waals surface area (Å²) in [6.07, 6.45) is 3.54. The van der Waals surface area contributed by atoms with E-state index in [2.05, 4.69) is 10.3 Å². The smallest absolute Gasteiger partial charge is 0.305 e. The Labute approximate surface area is 292 Å². The van der Waals surface area contributed by atoms with Crippen molar-refractivity contribution >= 4 is 58.5 Å². The third-order valence-electron chi connectivity index (χ3n) is 8.76. The van der Waals surface area contributed by atoms with Gasteiger partial charge >= 0.3 is 5.97 Å². The fourth-order valence-corrected chi connectivity index (χ4v) is 6.82. The highest BCUT2D eigenvalue weighted by atomic mass is 35.5. The molecule has 258 valence electrons. The van der Waals surface area contributed by atoms with Crippen molar-refractivity contribution in [3.05, 3.63) is 76.2 Å². The van der Waals surface area contributed by atoms with E-state index in [9.17, 15) is 33.9 Å². The second kappa shape index (κ2) is 16.2. The van der Waals surface area contributed by atoms with Gasteiger partial charge in [-0.1, -0.05) is 59.6 Å². The molecule has 5 rings (SSSR count). The van der Waals surface area contributed by atoms with Crippen LogP contribution < -0.4 is 5.32 Å². The number of carbonyl (C=O) groups is 6. The van der Waals surface area contributed by atoms with Gasteiger partial charge in [0, 0.05) is 31.7 Å². The second-order valence-electron chi connectivity index (χ2n) is 12.2. The lowest BCUT2D eigenvalue weighted by Crippen LogP contribution is -2.63. The SMILES string of the molecule is O=C(O)C[C@H](NC(=O)[C@@H]1CCCN2C(=O)CCC(CCCC(=O)CCc3ccccc3)C(=O)N12)C(=O)c1ncc(-c2c(Cl)cccc2Cl)o1. The zero-order chi connectivity index (χ0) is 35.1. The van der Waals surface area contributed by atoms with Gasteiger partial charge in [0.1, 0.15) is 17.9 Å². The van der Waals surface area contributed by atoms with Crippen molar-refractivity contribution in [2.75, 3.05) is 6.54 Å². The second-order valence-corrected chi connectivity index (χ2v) is 13.0. The van der Waals surface area contributed by atoms with E-state index in [0.29, 0.717) is 38.5 Å². The van der Waals surface area contributed by atoms with Crippen LogP contribution in [0, 0.1) is 5.92 Å². The van der Waals surface area contributed by atoms with Crippen LogP contribution in [0.5, 0.6) is 0 Å². The summed E-state index contributed by atoms with van der Waals surface area (Å²) in [5.74, 6) is -4.71. The minimum absolute atomic E-state index is 0.0693. The topological polar surface area (TPSA) is 167 Å². The zero-order valence-corrected chi connectivity index (χ0v) is 28.1. The van der Waals surface area contributed by atoms with Crippen molar-refractivity contribution in [3.8, 4) is 11.3 Å². The number of halogens is 2. The maximum atomic E-state index is 13.9. The first-order chi connectivity index (χ1) is 23.5. The zero-order valence-electron chi connectivity index (χ0n) is 26.6. The number of carbonyl (C=O) groups excluding carboxylic acids is 5. The number of aryl methyl sites for hydroxylation is 1. The molecule has 12 nitrogen and oxygen atoms in total. The van der Waals surface area contributed by atoms with Crippen molar-refractivity contribution < 1.29 is 38.3 Å². The van der Waals surface area contributed by atoms with E-state index >= 15 is 0 Å². The number of fused-ring (bicyclic) bond motifs is 1. The maximum absolute atomic E-state index is 13.9. The van der Waals surface area contributed by atoms with Crippen LogP contribution in [0.4, 0.5) is 0 Å². The van der Waals surface area contributed by atoms with Gasteiger partial charge in [0.15, 0.2) is 5.76 Å². The first-order valence-electron chi connectivity index (χ1n) is 16.2. The van der Waals surface area contributed by atoms with Crippen LogP contribution in [0.15, 0.2) is 59.1 Å². The molecule has 2 aliphatic heterocycles. The van der Waals surface area contributed by atoms with Gasteiger partial charge in [0.2, 0.25) is 23.5 Å². The lowest BCUT2D eigenvalue weighted by molar-refractivity contribution is -0.177. The van der Waals surface area contributed by atoms with Crippen molar-refractivity contribution in [2.24, 2.45) is 5.92 Å². The van der Waals surface area contributed by atoms with Gasteiger partial charge in [-0.2, -0.15) is 0 Å². The fraction of sp³-hybridized carbons (Fsp3) is 0.400. The Hall–Kier alpha value is -4.55. The van der Waals surface area contributed by atoms with Gasteiger partial charge in [-0.15, -0.1) is 0 Å². The number of aliphatic carboxylic acids is 1. The summed E-state index contributed by atoms with van der Waals surface area (Å²) >= 11 is 12.5. The van der Waals surface area contributed by atoms with E-state index in [-0.39, 0.29) is 58.9 Å². The fourth-order valence-electron chi connectivity index (χ4n) is 6.23. The Kier molecular flexibility index (Phi) is 11.8. The summed E-state index contributed by atoms with van der Waals surface area (Å²) in [7, 11) is 0. The molecule has 3 aromatic rings. The van der Waals surface area contributed by atoms with Crippen LogP contribution in [0.3, 0.4) is 0 Å². The summed E-state index contributed by atoms with van der Waals surface area (Å²) in [5.41, 5.74) is 1.36. The number of carboxylic acid groups (broad SMARTS) is 1. The number of hydrogen-bond donors (Lipinski definition) is 2. The lowest BCUT2D eigenvalue weighted by Gasteiger charge is -2.43. The largest absolute Gasteiger partial charge is 0.481 e. The Morgan fingerprint density at radius 3 is 2.45 bits per heavy atom. The quantitative estimate of drug-likeness (QED) is 0.211. The van der Waals surface area contributed by atoms with E-state index in [0.717, 1.165) is 5.56 Å². The third kappa shape index (κ3) is 8.73. The molecule has 0 aliphatic carbocycles. The molecule has 0 radical (unpaired) electrons. The number of amides is 3. The molecule has 3 atom stereocenters. The minimum Gasteiger partial charge on any atom is -0.481 e.